The average Bonchev–Trinajstić information content (AvgIpc) is 3.23. The number of nitrogens with one attached hydrogen (secondary N) is 2. The Morgan fingerprint density at radius 1 is 1.18 bits per heavy atom. The fourth-order valence-corrected chi connectivity index (χ4v) is 3.76. The Bertz CT molecular complexity index is 851. The van der Waals surface area contributed by atoms with Gasteiger partial charge >= 0.3 is 5.97 Å². The molecule has 0 aromatic heterocycles. The SMILES string of the molecule is COC(=O)c1cc(NC(=S)N[C@H](C)c2ccc(N3CCCC3)cc2)ccc1Cl. The molecule has 2 N–H and O–H groups in total. The van der Waals surface area contributed by atoms with Gasteiger partial charge in [-0.25, -0.2) is 4.79 Å². The number of hydrogen-bond acceptors (Lipinski definition) is 4. The number of hydrogen-bond donors (Lipinski definition) is 2. The fraction of sp³-hybridized carbons (Fsp3) is 0.333. The van der Waals surface area contributed by atoms with Crippen LogP contribution in [0.1, 0.15) is 41.7 Å². The van der Waals surface area contributed by atoms with Gasteiger partial charge < -0.3 is 20.3 Å². The van der Waals surface area contributed by atoms with E-state index < -0.39 is 5.97 Å². The molecule has 0 unspecified atom stereocenters. The van der Waals surface area contributed by atoms with Gasteiger partial charge in [-0.2, -0.15) is 0 Å². The van der Waals surface area contributed by atoms with Crippen LogP contribution in [0.2, 0.25) is 5.02 Å². The summed E-state index contributed by atoms with van der Waals surface area (Å²) in [5, 5.41) is 7.16. The summed E-state index contributed by atoms with van der Waals surface area (Å²) in [7, 11) is 1.32. The third kappa shape index (κ3) is 4.94. The number of carbonyl (C=O) groups is 1. The molecule has 0 spiro atoms. The number of methoxy groups -OCH3 is 1. The Labute approximate surface area is 176 Å². The first-order valence-electron chi connectivity index (χ1n) is 9.28. The Balaban J connectivity index is 1.60. The van der Waals surface area contributed by atoms with Crippen molar-refractivity contribution in [3.63, 3.8) is 0 Å². The van der Waals surface area contributed by atoms with E-state index in [2.05, 4.69) is 46.7 Å². The van der Waals surface area contributed by atoms with E-state index in [0.717, 1.165) is 18.7 Å². The molecule has 0 radical (unpaired) electrons. The van der Waals surface area contributed by atoms with E-state index in [0.29, 0.717) is 21.4 Å². The van der Waals surface area contributed by atoms with Crippen LogP contribution in [0.25, 0.3) is 0 Å². The lowest BCUT2D eigenvalue weighted by atomic mass is 10.1. The van der Waals surface area contributed by atoms with Crippen LogP contribution in [0.3, 0.4) is 0 Å². The van der Waals surface area contributed by atoms with E-state index in [1.165, 1.54) is 25.6 Å². The summed E-state index contributed by atoms with van der Waals surface area (Å²) in [4.78, 5) is 14.2. The monoisotopic (exact) mass is 417 g/mol. The highest BCUT2D eigenvalue weighted by Crippen LogP contribution is 2.24. The van der Waals surface area contributed by atoms with Crippen molar-refractivity contribution in [2.45, 2.75) is 25.8 Å². The Kier molecular flexibility index (Phi) is 6.75. The van der Waals surface area contributed by atoms with Crippen LogP contribution in [0, 0.1) is 0 Å². The minimum atomic E-state index is -0.487. The van der Waals surface area contributed by atoms with E-state index in [4.69, 9.17) is 28.6 Å². The third-order valence-corrected chi connectivity index (χ3v) is 5.39. The highest BCUT2D eigenvalue weighted by Gasteiger charge is 2.14. The maximum atomic E-state index is 11.8. The van der Waals surface area contributed by atoms with E-state index in [-0.39, 0.29) is 6.04 Å². The first-order valence-corrected chi connectivity index (χ1v) is 10.1. The van der Waals surface area contributed by atoms with Gasteiger partial charge in [0.2, 0.25) is 0 Å². The van der Waals surface area contributed by atoms with E-state index >= 15 is 0 Å². The minimum Gasteiger partial charge on any atom is -0.465 e. The lowest BCUT2D eigenvalue weighted by Crippen LogP contribution is -2.31. The molecule has 7 heteroatoms. The molecule has 1 atom stereocenters. The van der Waals surface area contributed by atoms with Crippen molar-refractivity contribution in [3.05, 3.63) is 58.6 Å². The van der Waals surface area contributed by atoms with Crippen LogP contribution in [0.4, 0.5) is 11.4 Å². The zero-order valence-corrected chi connectivity index (χ0v) is 17.6. The standard InChI is InChI=1S/C21H24ClN3O2S/c1-14(15-5-8-17(9-6-15)25-11-3-4-12-25)23-21(28)24-16-7-10-19(22)18(13-16)20(26)27-2/h5-10,13-14H,3-4,11-12H2,1-2H3,(H2,23,24,28)/t14-/m1/s1. The molecule has 1 heterocycles. The Morgan fingerprint density at radius 3 is 2.50 bits per heavy atom. The molecule has 1 aliphatic rings. The molecule has 2 aromatic rings. The molecule has 3 rings (SSSR count). The van der Waals surface area contributed by atoms with Gasteiger partial charge in [-0.3, -0.25) is 0 Å². The van der Waals surface area contributed by atoms with Crippen molar-refractivity contribution < 1.29 is 9.53 Å². The maximum Gasteiger partial charge on any atom is 0.339 e. The second kappa shape index (κ2) is 9.26. The summed E-state index contributed by atoms with van der Waals surface area (Å²) < 4.78 is 4.74. The fourth-order valence-electron chi connectivity index (χ4n) is 3.27. The number of halogens is 1. The van der Waals surface area contributed by atoms with Crippen LogP contribution in [-0.2, 0) is 4.74 Å². The molecule has 28 heavy (non-hydrogen) atoms. The Morgan fingerprint density at radius 2 is 1.86 bits per heavy atom. The van der Waals surface area contributed by atoms with Crippen LogP contribution < -0.4 is 15.5 Å². The minimum absolute atomic E-state index is 0.0417. The van der Waals surface area contributed by atoms with Crippen molar-refractivity contribution in [1.82, 2.24) is 5.32 Å². The van der Waals surface area contributed by atoms with Gasteiger partial charge in [-0.15, -0.1) is 0 Å². The van der Waals surface area contributed by atoms with Crippen molar-refractivity contribution in [2.24, 2.45) is 0 Å². The van der Waals surface area contributed by atoms with Gasteiger partial charge in [-0.05, 0) is 67.9 Å². The second-order valence-electron chi connectivity index (χ2n) is 6.79. The van der Waals surface area contributed by atoms with E-state index in [9.17, 15) is 4.79 Å². The van der Waals surface area contributed by atoms with E-state index in [1.807, 2.05) is 0 Å². The Hall–Kier alpha value is -2.31. The summed E-state index contributed by atoms with van der Waals surface area (Å²) in [5.74, 6) is -0.487. The zero-order valence-electron chi connectivity index (χ0n) is 16.0. The number of benzene rings is 2. The predicted octanol–water partition coefficient (Wildman–Crippen LogP) is 4.77. The maximum absolute atomic E-state index is 11.8. The summed E-state index contributed by atoms with van der Waals surface area (Å²) in [6, 6.07) is 13.7. The third-order valence-electron chi connectivity index (χ3n) is 4.84. The highest BCUT2D eigenvalue weighted by atomic mass is 35.5. The number of ether oxygens (including phenoxy) is 1. The van der Waals surface area contributed by atoms with Crippen LogP contribution in [0.5, 0.6) is 0 Å². The summed E-state index contributed by atoms with van der Waals surface area (Å²) in [6.45, 7) is 4.33. The number of thiocarbonyl (C=S) groups is 1. The number of carbonyl (C=O) groups excluding carboxylic acids is 1. The van der Waals surface area contributed by atoms with Gasteiger partial charge in [-0.1, -0.05) is 23.7 Å². The molecule has 5 nitrogen and oxygen atoms in total. The lowest BCUT2D eigenvalue weighted by molar-refractivity contribution is 0.0601. The zero-order chi connectivity index (χ0) is 20.1. The summed E-state index contributed by atoms with van der Waals surface area (Å²) in [5.41, 5.74) is 3.38. The molecule has 2 aromatic carbocycles. The summed E-state index contributed by atoms with van der Waals surface area (Å²) in [6.07, 6.45) is 2.53. The van der Waals surface area contributed by atoms with Crippen molar-refractivity contribution in [1.29, 1.82) is 0 Å². The normalized spacial score (nSPS) is 14.5. The quantitative estimate of drug-likeness (QED) is 0.539. The first kappa shape index (κ1) is 20.4. The number of esters is 1. The number of nitrogens with zero attached hydrogens (tertiary/aromatic N) is 1. The smallest absolute Gasteiger partial charge is 0.339 e. The highest BCUT2D eigenvalue weighted by molar-refractivity contribution is 7.80. The molecular weight excluding hydrogens is 394 g/mol. The molecule has 0 amide bonds. The number of anilines is 2. The molecule has 0 saturated carbocycles. The molecule has 0 aliphatic carbocycles. The first-order chi connectivity index (χ1) is 13.5. The molecule has 0 bridgehead atoms. The second-order valence-corrected chi connectivity index (χ2v) is 7.61. The molecule has 1 fully saturated rings. The molecular formula is C21H24ClN3O2S. The molecule has 148 valence electrons. The largest absolute Gasteiger partial charge is 0.465 e. The number of rotatable bonds is 5. The van der Waals surface area contributed by atoms with Crippen molar-refractivity contribution in [2.75, 3.05) is 30.4 Å². The lowest BCUT2D eigenvalue weighted by Gasteiger charge is -2.20. The molecule has 1 saturated heterocycles. The van der Waals surface area contributed by atoms with Gasteiger partial charge in [0.05, 0.1) is 23.7 Å². The van der Waals surface area contributed by atoms with Gasteiger partial charge in [0, 0.05) is 24.5 Å². The van der Waals surface area contributed by atoms with Gasteiger partial charge in [0.1, 0.15) is 0 Å². The predicted molar refractivity (Wildman–Crippen MR) is 118 cm³/mol. The van der Waals surface area contributed by atoms with Crippen molar-refractivity contribution in [3.8, 4) is 0 Å². The average molecular weight is 418 g/mol. The van der Waals surface area contributed by atoms with Gasteiger partial charge in [0.15, 0.2) is 5.11 Å². The van der Waals surface area contributed by atoms with Crippen LogP contribution in [0.15, 0.2) is 42.5 Å². The molecule has 1 aliphatic heterocycles. The topological polar surface area (TPSA) is 53.6 Å². The van der Waals surface area contributed by atoms with Gasteiger partial charge in [0.25, 0.3) is 0 Å². The van der Waals surface area contributed by atoms with E-state index in [1.54, 1.807) is 18.2 Å². The van der Waals surface area contributed by atoms with Crippen LogP contribution >= 0.6 is 23.8 Å². The van der Waals surface area contributed by atoms with Crippen molar-refractivity contribution >= 4 is 46.3 Å². The van der Waals surface area contributed by atoms with Crippen LogP contribution in [-0.4, -0.2) is 31.3 Å². The summed E-state index contributed by atoms with van der Waals surface area (Å²) >= 11 is 11.5.